The van der Waals surface area contributed by atoms with E-state index in [0.29, 0.717) is 5.69 Å². The zero-order valence-corrected chi connectivity index (χ0v) is 15.2. The first kappa shape index (κ1) is 17.1. The average molecular weight is 360 g/mol. The molecule has 0 fully saturated rings. The second-order valence-corrected chi connectivity index (χ2v) is 6.68. The standard InChI is InChI=1S/C22H20N2O3/c1-14(15-7-8-17-12-18(27-2)10-9-16(17)11-15)22(26)24-13-21(25)23-19-5-3-4-6-20(19)24/h3-12,14H,13H2,1-2H3,(H,23,25)/t14-/m0/s1. The van der Waals surface area contributed by atoms with Crippen LogP contribution in [0.1, 0.15) is 18.4 Å². The predicted octanol–water partition coefficient (Wildman–Crippen LogP) is 3.94. The summed E-state index contributed by atoms with van der Waals surface area (Å²) in [5.41, 5.74) is 2.32. The minimum atomic E-state index is -0.365. The number of hydrogen-bond donors (Lipinski definition) is 1. The van der Waals surface area contributed by atoms with Crippen LogP contribution >= 0.6 is 0 Å². The molecule has 0 bridgehead atoms. The number of amides is 2. The van der Waals surface area contributed by atoms with E-state index in [0.717, 1.165) is 27.8 Å². The summed E-state index contributed by atoms with van der Waals surface area (Å²) in [7, 11) is 1.64. The van der Waals surface area contributed by atoms with Gasteiger partial charge in [-0.25, -0.2) is 0 Å². The lowest BCUT2D eigenvalue weighted by atomic mass is 9.96. The molecule has 0 radical (unpaired) electrons. The van der Waals surface area contributed by atoms with Gasteiger partial charge >= 0.3 is 0 Å². The van der Waals surface area contributed by atoms with Crippen molar-refractivity contribution in [1.29, 1.82) is 0 Å². The molecular weight excluding hydrogens is 340 g/mol. The number of methoxy groups -OCH3 is 1. The van der Waals surface area contributed by atoms with Gasteiger partial charge in [-0.1, -0.05) is 36.4 Å². The van der Waals surface area contributed by atoms with E-state index in [1.807, 2.05) is 61.5 Å². The summed E-state index contributed by atoms with van der Waals surface area (Å²) in [5.74, 6) is 0.163. The third-order valence-corrected chi connectivity index (χ3v) is 4.98. The fraction of sp³-hybridized carbons (Fsp3) is 0.182. The van der Waals surface area contributed by atoms with Crippen molar-refractivity contribution < 1.29 is 14.3 Å². The van der Waals surface area contributed by atoms with Crippen molar-refractivity contribution >= 4 is 34.0 Å². The lowest BCUT2D eigenvalue weighted by Gasteiger charge is -2.31. The molecule has 27 heavy (non-hydrogen) atoms. The number of hydrogen-bond acceptors (Lipinski definition) is 3. The van der Waals surface area contributed by atoms with Crippen LogP contribution < -0.4 is 15.0 Å². The SMILES string of the molecule is COc1ccc2cc([C@H](C)C(=O)N3CC(=O)Nc4ccccc43)ccc2c1. The minimum absolute atomic E-state index is 0.0327. The molecule has 0 aliphatic carbocycles. The Kier molecular flexibility index (Phi) is 4.28. The topological polar surface area (TPSA) is 58.6 Å². The molecule has 0 saturated carbocycles. The summed E-state index contributed by atoms with van der Waals surface area (Å²) in [4.78, 5) is 26.8. The van der Waals surface area contributed by atoms with Crippen LogP contribution in [0.3, 0.4) is 0 Å². The lowest BCUT2D eigenvalue weighted by Crippen LogP contribution is -2.43. The molecule has 1 heterocycles. The van der Waals surface area contributed by atoms with E-state index in [1.54, 1.807) is 18.1 Å². The van der Waals surface area contributed by atoms with Crippen LogP contribution in [-0.2, 0) is 9.59 Å². The van der Waals surface area contributed by atoms with E-state index >= 15 is 0 Å². The molecule has 2 amide bonds. The first-order valence-corrected chi connectivity index (χ1v) is 8.85. The number of carbonyl (C=O) groups excluding carboxylic acids is 2. The molecule has 1 N–H and O–H groups in total. The van der Waals surface area contributed by atoms with Gasteiger partial charge in [-0.2, -0.15) is 0 Å². The van der Waals surface area contributed by atoms with Gasteiger partial charge < -0.3 is 15.0 Å². The smallest absolute Gasteiger partial charge is 0.244 e. The van der Waals surface area contributed by atoms with Crippen molar-refractivity contribution in [3.05, 3.63) is 66.2 Å². The highest BCUT2D eigenvalue weighted by Crippen LogP contribution is 2.32. The summed E-state index contributed by atoms with van der Waals surface area (Å²) in [6, 6.07) is 19.2. The number of rotatable bonds is 3. The van der Waals surface area contributed by atoms with Crippen molar-refractivity contribution in [3.8, 4) is 5.75 Å². The normalized spacial score (nSPS) is 14.4. The van der Waals surface area contributed by atoms with Gasteiger partial charge in [0.15, 0.2) is 0 Å². The third-order valence-electron chi connectivity index (χ3n) is 4.98. The quantitative estimate of drug-likeness (QED) is 0.770. The molecule has 0 unspecified atom stereocenters. The molecule has 0 saturated heterocycles. The van der Waals surface area contributed by atoms with Gasteiger partial charge in [-0.3, -0.25) is 9.59 Å². The highest BCUT2D eigenvalue weighted by atomic mass is 16.5. The summed E-state index contributed by atoms with van der Waals surface area (Å²) in [6.45, 7) is 1.91. The fourth-order valence-electron chi connectivity index (χ4n) is 3.44. The number of nitrogens with zero attached hydrogens (tertiary/aromatic N) is 1. The predicted molar refractivity (Wildman–Crippen MR) is 106 cm³/mol. The van der Waals surface area contributed by atoms with Gasteiger partial charge in [0.25, 0.3) is 0 Å². The number of carbonyl (C=O) groups is 2. The molecule has 4 rings (SSSR count). The van der Waals surface area contributed by atoms with E-state index in [1.165, 1.54) is 0 Å². The monoisotopic (exact) mass is 360 g/mol. The highest BCUT2D eigenvalue weighted by molar-refractivity contribution is 6.11. The Balaban J connectivity index is 1.66. The van der Waals surface area contributed by atoms with Gasteiger partial charge in [0.1, 0.15) is 12.3 Å². The van der Waals surface area contributed by atoms with Gasteiger partial charge in [-0.05, 0) is 47.5 Å². The van der Waals surface area contributed by atoms with Crippen molar-refractivity contribution in [1.82, 2.24) is 0 Å². The number of fused-ring (bicyclic) bond motifs is 2. The Morgan fingerprint density at radius 1 is 1.07 bits per heavy atom. The van der Waals surface area contributed by atoms with E-state index in [2.05, 4.69) is 5.32 Å². The van der Waals surface area contributed by atoms with Crippen LogP contribution in [0.4, 0.5) is 11.4 Å². The molecule has 5 nitrogen and oxygen atoms in total. The number of para-hydroxylation sites is 2. The van der Waals surface area contributed by atoms with Crippen molar-refractivity contribution in [2.24, 2.45) is 0 Å². The van der Waals surface area contributed by atoms with E-state index in [4.69, 9.17) is 4.74 Å². The van der Waals surface area contributed by atoms with E-state index in [-0.39, 0.29) is 24.3 Å². The zero-order chi connectivity index (χ0) is 19.0. The third kappa shape index (κ3) is 3.12. The summed E-state index contributed by atoms with van der Waals surface area (Å²) >= 11 is 0. The van der Waals surface area contributed by atoms with Crippen LogP contribution in [0.2, 0.25) is 0 Å². The van der Waals surface area contributed by atoms with Gasteiger partial charge in [0, 0.05) is 0 Å². The zero-order valence-electron chi connectivity index (χ0n) is 15.2. The maximum absolute atomic E-state index is 13.2. The average Bonchev–Trinajstić information content (AvgIpc) is 2.71. The molecule has 1 atom stereocenters. The van der Waals surface area contributed by atoms with Gasteiger partial charge in [0.2, 0.25) is 11.8 Å². The summed E-state index contributed by atoms with van der Waals surface area (Å²) in [6.07, 6.45) is 0. The number of anilines is 2. The van der Waals surface area contributed by atoms with Crippen LogP contribution in [0, 0.1) is 0 Å². The fourth-order valence-corrected chi connectivity index (χ4v) is 3.44. The van der Waals surface area contributed by atoms with E-state index < -0.39 is 0 Å². The molecule has 0 spiro atoms. The summed E-state index contributed by atoms with van der Waals surface area (Å²) < 4.78 is 5.26. The Bertz CT molecular complexity index is 1040. The molecule has 3 aromatic carbocycles. The number of nitrogens with one attached hydrogen (secondary N) is 1. The van der Waals surface area contributed by atoms with Gasteiger partial charge in [0.05, 0.1) is 24.4 Å². The first-order valence-electron chi connectivity index (χ1n) is 8.85. The maximum atomic E-state index is 13.2. The number of benzene rings is 3. The van der Waals surface area contributed by atoms with Crippen molar-refractivity contribution in [3.63, 3.8) is 0 Å². The molecule has 1 aliphatic heterocycles. The highest BCUT2D eigenvalue weighted by Gasteiger charge is 2.30. The Morgan fingerprint density at radius 3 is 2.63 bits per heavy atom. The van der Waals surface area contributed by atoms with Crippen molar-refractivity contribution in [2.45, 2.75) is 12.8 Å². The minimum Gasteiger partial charge on any atom is -0.497 e. The molecular formula is C22H20N2O3. The largest absolute Gasteiger partial charge is 0.497 e. The van der Waals surface area contributed by atoms with Crippen LogP contribution in [-0.4, -0.2) is 25.5 Å². The van der Waals surface area contributed by atoms with Crippen LogP contribution in [0.15, 0.2) is 60.7 Å². The molecule has 1 aliphatic rings. The molecule has 3 aromatic rings. The molecule has 136 valence electrons. The summed E-state index contributed by atoms with van der Waals surface area (Å²) in [5, 5.41) is 4.92. The molecule has 0 aromatic heterocycles. The van der Waals surface area contributed by atoms with E-state index in [9.17, 15) is 9.59 Å². The Morgan fingerprint density at radius 2 is 1.81 bits per heavy atom. The van der Waals surface area contributed by atoms with Gasteiger partial charge in [-0.15, -0.1) is 0 Å². The maximum Gasteiger partial charge on any atom is 0.244 e. The lowest BCUT2D eigenvalue weighted by molar-refractivity contribution is -0.122. The van der Waals surface area contributed by atoms with Crippen molar-refractivity contribution in [2.75, 3.05) is 23.9 Å². The second kappa shape index (κ2) is 6.76. The first-order chi connectivity index (χ1) is 13.1. The second-order valence-electron chi connectivity index (χ2n) is 6.68. The Labute approximate surface area is 157 Å². The van der Waals surface area contributed by atoms with Crippen LogP contribution in [0.5, 0.6) is 5.75 Å². The number of ether oxygens (including phenoxy) is 1. The Hall–Kier alpha value is -3.34. The molecule has 5 heteroatoms. The van der Waals surface area contributed by atoms with Crippen LogP contribution in [0.25, 0.3) is 10.8 Å².